The van der Waals surface area contributed by atoms with Crippen LogP contribution in [0.25, 0.3) is 101 Å². The Morgan fingerprint density at radius 1 is 0.417 bits per heavy atom. The lowest BCUT2D eigenvalue weighted by Crippen LogP contribution is -2.14. The maximum absolute atomic E-state index is 6.56. The minimum atomic E-state index is -0.153. The zero-order valence-corrected chi connectivity index (χ0v) is 33.7. The number of aryl methyl sites for hydroxylation is 2. The quantitative estimate of drug-likeness (QED) is 0.167. The molecule has 6 heteroatoms. The van der Waals surface area contributed by atoms with Crippen molar-refractivity contribution in [3.8, 4) is 79.1 Å². The number of nitrogens with zero attached hydrogens (tertiary/aromatic N) is 5. The SMILES string of the molecule is Cc1cc(-c2nc(-c3ccc4c(c3)C(C)(C)c3ccccc3-4)c3oc4ccccc4c3n2)ccc1-c1c(C)cccc1-c1nc(-c2ccccc2)nc(-c2ccccc2)n1. The standard InChI is InChI=1S/C54H39N5O/c1-32-16-15-23-42(53-58-50(34-17-7-5-8-18-34)57-51(59-53)35-19-9-6-10-20-35)46(32)38-28-27-37(30-33(38)2)52-55-47(49-48(56-52)41-22-12-14-25-45(41)60-49)36-26-29-40-39-21-11-13-24-43(39)54(3,4)44(40)31-36/h5-31H,1-4H3. The summed E-state index contributed by atoms with van der Waals surface area (Å²) in [5, 5.41) is 0.964. The molecule has 0 aliphatic heterocycles. The van der Waals surface area contributed by atoms with Gasteiger partial charge in [-0.25, -0.2) is 24.9 Å². The Labute approximate surface area is 348 Å². The van der Waals surface area contributed by atoms with Crippen LogP contribution in [0.2, 0.25) is 0 Å². The summed E-state index contributed by atoms with van der Waals surface area (Å²) in [5.74, 6) is 2.52. The topological polar surface area (TPSA) is 77.6 Å². The van der Waals surface area contributed by atoms with Gasteiger partial charge in [0.05, 0.1) is 0 Å². The monoisotopic (exact) mass is 773 g/mol. The fourth-order valence-electron chi connectivity index (χ4n) is 8.99. The van der Waals surface area contributed by atoms with Gasteiger partial charge in [-0.2, -0.15) is 0 Å². The predicted molar refractivity (Wildman–Crippen MR) is 242 cm³/mol. The molecule has 0 saturated heterocycles. The van der Waals surface area contributed by atoms with Crippen LogP contribution < -0.4 is 0 Å². The molecule has 60 heavy (non-hydrogen) atoms. The Bertz CT molecular complexity index is 3260. The number of fused-ring (bicyclic) bond motifs is 6. The zero-order valence-electron chi connectivity index (χ0n) is 33.7. The van der Waals surface area contributed by atoms with Gasteiger partial charge in [0.15, 0.2) is 28.9 Å². The highest BCUT2D eigenvalue weighted by Gasteiger charge is 2.35. The molecule has 10 aromatic rings. The van der Waals surface area contributed by atoms with E-state index in [-0.39, 0.29) is 5.41 Å². The number of rotatable bonds is 6. The molecule has 0 unspecified atom stereocenters. The molecule has 7 aromatic carbocycles. The van der Waals surface area contributed by atoms with Crippen LogP contribution >= 0.6 is 0 Å². The second-order valence-electron chi connectivity index (χ2n) is 16.2. The lowest BCUT2D eigenvalue weighted by atomic mass is 9.82. The zero-order chi connectivity index (χ0) is 40.5. The summed E-state index contributed by atoms with van der Waals surface area (Å²) in [6.07, 6.45) is 0. The first-order chi connectivity index (χ1) is 29.3. The molecule has 0 spiro atoms. The van der Waals surface area contributed by atoms with E-state index in [0.29, 0.717) is 28.9 Å². The van der Waals surface area contributed by atoms with Crippen LogP contribution in [0.4, 0.5) is 0 Å². The van der Waals surface area contributed by atoms with Gasteiger partial charge in [-0.05, 0) is 82.6 Å². The van der Waals surface area contributed by atoms with Gasteiger partial charge < -0.3 is 4.42 Å². The molecule has 1 aliphatic carbocycles. The predicted octanol–water partition coefficient (Wildman–Crippen LogP) is 13.5. The number of hydrogen-bond donors (Lipinski definition) is 0. The van der Waals surface area contributed by atoms with Crippen molar-refractivity contribution in [2.75, 3.05) is 0 Å². The van der Waals surface area contributed by atoms with Crippen molar-refractivity contribution in [1.29, 1.82) is 0 Å². The molecule has 3 heterocycles. The number of furan rings is 1. The molecule has 0 fully saturated rings. The lowest BCUT2D eigenvalue weighted by Gasteiger charge is -2.22. The summed E-state index contributed by atoms with van der Waals surface area (Å²) in [7, 11) is 0. The minimum Gasteiger partial charge on any atom is -0.452 e. The molecule has 286 valence electrons. The Morgan fingerprint density at radius 3 is 1.77 bits per heavy atom. The molecular formula is C54H39N5O. The van der Waals surface area contributed by atoms with Crippen molar-refractivity contribution in [3.63, 3.8) is 0 Å². The second-order valence-corrected chi connectivity index (χ2v) is 16.2. The molecule has 3 aromatic heterocycles. The maximum atomic E-state index is 6.56. The number of para-hydroxylation sites is 1. The third kappa shape index (κ3) is 5.75. The van der Waals surface area contributed by atoms with E-state index in [2.05, 4.69) is 113 Å². The third-order valence-electron chi connectivity index (χ3n) is 12.0. The van der Waals surface area contributed by atoms with Gasteiger partial charge in [0.1, 0.15) is 16.8 Å². The van der Waals surface area contributed by atoms with E-state index >= 15 is 0 Å². The van der Waals surface area contributed by atoms with Crippen molar-refractivity contribution in [3.05, 3.63) is 186 Å². The summed E-state index contributed by atoms with van der Waals surface area (Å²) < 4.78 is 6.56. The molecule has 0 saturated carbocycles. The first-order valence-corrected chi connectivity index (χ1v) is 20.3. The molecule has 1 aliphatic rings. The normalized spacial score (nSPS) is 12.8. The van der Waals surface area contributed by atoms with Crippen LogP contribution in [0.1, 0.15) is 36.1 Å². The van der Waals surface area contributed by atoms with E-state index in [0.717, 1.165) is 72.3 Å². The van der Waals surface area contributed by atoms with Gasteiger partial charge in [0, 0.05) is 38.6 Å². The minimum absolute atomic E-state index is 0.153. The molecule has 0 N–H and O–H groups in total. The maximum Gasteiger partial charge on any atom is 0.180 e. The summed E-state index contributed by atoms with van der Waals surface area (Å²) in [5.41, 5.74) is 17.2. The van der Waals surface area contributed by atoms with E-state index in [1.165, 1.54) is 22.3 Å². The molecule has 11 rings (SSSR count). The van der Waals surface area contributed by atoms with Crippen molar-refractivity contribution >= 4 is 22.1 Å². The van der Waals surface area contributed by atoms with Gasteiger partial charge in [-0.15, -0.1) is 0 Å². The van der Waals surface area contributed by atoms with Crippen LogP contribution in [-0.2, 0) is 5.41 Å². The van der Waals surface area contributed by atoms with Crippen molar-refractivity contribution in [2.24, 2.45) is 0 Å². The first kappa shape index (κ1) is 35.6. The molecule has 0 bridgehead atoms. The number of aromatic nitrogens is 5. The Balaban J connectivity index is 1.05. The lowest BCUT2D eigenvalue weighted by molar-refractivity contribution is 0.659. The average Bonchev–Trinajstić information content (AvgIpc) is 3.78. The Hall–Kier alpha value is -7.57. The second kappa shape index (κ2) is 13.8. The highest BCUT2D eigenvalue weighted by Crippen LogP contribution is 2.50. The third-order valence-corrected chi connectivity index (χ3v) is 12.0. The largest absolute Gasteiger partial charge is 0.452 e. The van der Waals surface area contributed by atoms with E-state index in [1.807, 2.05) is 78.9 Å². The van der Waals surface area contributed by atoms with Crippen LogP contribution in [0.15, 0.2) is 168 Å². The molecule has 0 radical (unpaired) electrons. The van der Waals surface area contributed by atoms with E-state index < -0.39 is 0 Å². The number of hydrogen-bond acceptors (Lipinski definition) is 6. The summed E-state index contributed by atoms with van der Waals surface area (Å²) in [6.45, 7) is 8.91. The van der Waals surface area contributed by atoms with Crippen molar-refractivity contribution in [2.45, 2.75) is 33.1 Å². The van der Waals surface area contributed by atoms with Crippen LogP contribution in [0, 0.1) is 13.8 Å². The number of benzene rings is 7. The van der Waals surface area contributed by atoms with Gasteiger partial charge >= 0.3 is 0 Å². The first-order valence-electron chi connectivity index (χ1n) is 20.3. The summed E-state index contributed by atoms with van der Waals surface area (Å²) in [4.78, 5) is 25.7. The van der Waals surface area contributed by atoms with Gasteiger partial charge in [-0.1, -0.05) is 153 Å². The molecule has 6 nitrogen and oxygen atoms in total. The fraction of sp³-hybridized carbons (Fsp3) is 0.0926. The highest BCUT2D eigenvalue weighted by molar-refractivity contribution is 6.07. The summed E-state index contributed by atoms with van der Waals surface area (Å²) in [6, 6.07) is 56.6. The van der Waals surface area contributed by atoms with Crippen LogP contribution in [0.5, 0.6) is 0 Å². The van der Waals surface area contributed by atoms with Crippen molar-refractivity contribution in [1.82, 2.24) is 24.9 Å². The molecular weight excluding hydrogens is 735 g/mol. The fourth-order valence-corrected chi connectivity index (χ4v) is 8.99. The van der Waals surface area contributed by atoms with E-state index in [1.54, 1.807) is 0 Å². The van der Waals surface area contributed by atoms with E-state index in [4.69, 9.17) is 29.3 Å². The van der Waals surface area contributed by atoms with Gasteiger partial charge in [0.2, 0.25) is 0 Å². The van der Waals surface area contributed by atoms with Crippen LogP contribution in [0.3, 0.4) is 0 Å². The van der Waals surface area contributed by atoms with Crippen LogP contribution in [-0.4, -0.2) is 24.9 Å². The molecule has 0 amide bonds. The Kier molecular flexibility index (Phi) is 8.17. The molecule has 0 atom stereocenters. The Morgan fingerprint density at radius 2 is 1.02 bits per heavy atom. The van der Waals surface area contributed by atoms with Crippen molar-refractivity contribution < 1.29 is 4.42 Å². The average molecular weight is 774 g/mol. The smallest absolute Gasteiger partial charge is 0.180 e. The van der Waals surface area contributed by atoms with Gasteiger partial charge in [0.25, 0.3) is 0 Å². The highest BCUT2D eigenvalue weighted by atomic mass is 16.3. The van der Waals surface area contributed by atoms with Gasteiger partial charge in [-0.3, -0.25) is 0 Å². The van der Waals surface area contributed by atoms with E-state index in [9.17, 15) is 0 Å². The summed E-state index contributed by atoms with van der Waals surface area (Å²) >= 11 is 0.